The molecule has 8 heteroatoms. The minimum Gasteiger partial charge on any atom is -0.370 e. The van der Waals surface area contributed by atoms with Crippen molar-refractivity contribution in [1.29, 1.82) is 0 Å². The molecule has 3 aromatic rings. The number of hydrogen-bond donors (Lipinski definition) is 0. The average Bonchev–Trinajstić information content (AvgIpc) is 3.09. The van der Waals surface area contributed by atoms with Crippen molar-refractivity contribution in [3.63, 3.8) is 0 Å². The third kappa shape index (κ3) is 5.05. The van der Waals surface area contributed by atoms with E-state index < -0.39 is 9.84 Å². The van der Waals surface area contributed by atoms with Gasteiger partial charge in [0.15, 0.2) is 9.84 Å². The summed E-state index contributed by atoms with van der Waals surface area (Å²) < 4.78 is 42.2. The highest BCUT2D eigenvalue weighted by Crippen LogP contribution is 2.37. The molecule has 0 saturated heterocycles. The van der Waals surface area contributed by atoms with E-state index in [0.29, 0.717) is 18.9 Å². The van der Waals surface area contributed by atoms with E-state index >= 15 is 0 Å². The normalized spacial score (nSPS) is 12.0. The fraction of sp³-hybridized carbons (Fsp3) is 0.150. The van der Waals surface area contributed by atoms with Crippen molar-refractivity contribution < 1.29 is 17.5 Å². The Labute approximate surface area is 172 Å². The second-order valence-corrected chi connectivity index (χ2v) is 9.32. The standard InChI is InChI=1S/C20H17ClFNO3S2/c1-28(24,25)17-9-5-15(6-10-17)20-19(14-3-7-16(22)8-4-14)23-18(27-20)13-26-12-2-11-21/h2-11H,12-13H2,1H3/b11-2+. The smallest absolute Gasteiger partial charge is 0.175 e. The molecule has 146 valence electrons. The van der Waals surface area contributed by atoms with Gasteiger partial charge in [-0.2, -0.15) is 0 Å². The highest BCUT2D eigenvalue weighted by atomic mass is 35.5. The van der Waals surface area contributed by atoms with E-state index in [9.17, 15) is 12.8 Å². The van der Waals surface area contributed by atoms with Crippen molar-refractivity contribution in [2.24, 2.45) is 0 Å². The molecule has 0 aliphatic heterocycles. The van der Waals surface area contributed by atoms with Crippen molar-refractivity contribution in [2.45, 2.75) is 11.5 Å². The van der Waals surface area contributed by atoms with Crippen molar-refractivity contribution in [1.82, 2.24) is 4.98 Å². The van der Waals surface area contributed by atoms with Crippen LogP contribution in [0, 0.1) is 5.82 Å². The lowest BCUT2D eigenvalue weighted by atomic mass is 10.1. The van der Waals surface area contributed by atoms with E-state index in [0.717, 1.165) is 21.0 Å². The van der Waals surface area contributed by atoms with Crippen molar-refractivity contribution in [3.05, 3.63) is 71.0 Å². The number of thiazole rings is 1. The molecule has 0 radical (unpaired) electrons. The quantitative estimate of drug-likeness (QED) is 0.471. The second-order valence-electron chi connectivity index (χ2n) is 5.97. The number of hydrogen-bond acceptors (Lipinski definition) is 5. The lowest BCUT2D eigenvalue weighted by Crippen LogP contribution is -1.96. The topological polar surface area (TPSA) is 56.3 Å². The summed E-state index contributed by atoms with van der Waals surface area (Å²) in [5.41, 5.74) is 3.69. The molecule has 0 saturated carbocycles. The van der Waals surface area contributed by atoms with Crippen LogP contribution >= 0.6 is 22.9 Å². The number of halogens is 2. The van der Waals surface area contributed by atoms with Gasteiger partial charge in [0.25, 0.3) is 0 Å². The van der Waals surface area contributed by atoms with Crippen LogP contribution in [0.5, 0.6) is 0 Å². The summed E-state index contributed by atoms with van der Waals surface area (Å²) in [5.74, 6) is -0.325. The molecule has 28 heavy (non-hydrogen) atoms. The lowest BCUT2D eigenvalue weighted by Gasteiger charge is -2.04. The van der Waals surface area contributed by atoms with Crippen LogP contribution in [0.3, 0.4) is 0 Å². The molecule has 3 rings (SSSR count). The largest absolute Gasteiger partial charge is 0.370 e. The first-order valence-corrected chi connectivity index (χ1v) is 11.4. The molecule has 1 heterocycles. The minimum atomic E-state index is -3.27. The molecule has 0 atom stereocenters. The van der Waals surface area contributed by atoms with Crippen LogP contribution in [0.4, 0.5) is 4.39 Å². The molecule has 0 spiro atoms. The predicted molar refractivity (Wildman–Crippen MR) is 111 cm³/mol. The fourth-order valence-electron chi connectivity index (χ4n) is 2.53. The Morgan fingerprint density at radius 3 is 2.36 bits per heavy atom. The Morgan fingerprint density at radius 1 is 1.11 bits per heavy atom. The SMILES string of the molecule is CS(=O)(=O)c1ccc(-c2sc(COC/C=C/Cl)nc2-c2ccc(F)cc2)cc1. The molecule has 2 aromatic carbocycles. The summed E-state index contributed by atoms with van der Waals surface area (Å²) in [6.45, 7) is 0.675. The van der Waals surface area contributed by atoms with Gasteiger partial charge in [-0.3, -0.25) is 0 Å². The molecule has 4 nitrogen and oxygen atoms in total. The summed E-state index contributed by atoms with van der Waals surface area (Å²) in [6.07, 6.45) is 2.85. The Bertz CT molecular complexity index is 1080. The predicted octanol–water partition coefficient (Wildman–Crippen LogP) is 5.29. The molecule has 0 aliphatic carbocycles. The Balaban J connectivity index is 1.99. The zero-order valence-electron chi connectivity index (χ0n) is 14.9. The zero-order chi connectivity index (χ0) is 20.1. The van der Waals surface area contributed by atoms with Gasteiger partial charge in [0.2, 0.25) is 0 Å². The van der Waals surface area contributed by atoms with Crippen LogP contribution in [0.25, 0.3) is 21.7 Å². The number of nitrogens with zero attached hydrogens (tertiary/aromatic N) is 1. The van der Waals surface area contributed by atoms with E-state index in [-0.39, 0.29) is 10.7 Å². The Kier molecular flexibility index (Phi) is 6.61. The zero-order valence-corrected chi connectivity index (χ0v) is 17.3. The van der Waals surface area contributed by atoms with E-state index in [4.69, 9.17) is 16.3 Å². The number of ether oxygens (including phenoxy) is 1. The summed E-state index contributed by atoms with van der Waals surface area (Å²) in [7, 11) is -3.27. The third-order valence-electron chi connectivity index (χ3n) is 3.86. The fourth-order valence-corrected chi connectivity index (χ4v) is 4.26. The first-order chi connectivity index (χ1) is 13.4. The monoisotopic (exact) mass is 437 g/mol. The Morgan fingerprint density at radius 2 is 1.75 bits per heavy atom. The van der Waals surface area contributed by atoms with Gasteiger partial charge in [0.1, 0.15) is 10.8 Å². The molecular weight excluding hydrogens is 421 g/mol. The highest BCUT2D eigenvalue weighted by molar-refractivity contribution is 7.90. The maximum atomic E-state index is 13.3. The first-order valence-electron chi connectivity index (χ1n) is 8.27. The summed E-state index contributed by atoms with van der Waals surface area (Å²) in [6, 6.07) is 12.7. The highest BCUT2D eigenvalue weighted by Gasteiger charge is 2.16. The average molecular weight is 438 g/mol. The number of aromatic nitrogens is 1. The first kappa shape index (κ1) is 20.7. The van der Waals surface area contributed by atoms with Gasteiger partial charge in [-0.1, -0.05) is 23.7 Å². The summed E-state index contributed by atoms with van der Waals surface area (Å²) >= 11 is 6.93. The van der Waals surface area contributed by atoms with Crippen LogP contribution in [0.2, 0.25) is 0 Å². The van der Waals surface area contributed by atoms with Gasteiger partial charge in [-0.25, -0.2) is 17.8 Å². The molecule has 0 bridgehead atoms. The van der Waals surface area contributed by atoms with Gasteiger partial charge < -0.3 is 4.74 Å². The van der Waals surface area contributed by atoms with Crippen molar-refractivity contribution in [2.75, 3.05) is 12.9 Å². The van der Waals surface area contributed by atoms with Gasteiger partial charge >= 0.3 is 0 Å². The summed E-state index contributed by atoms with van der Waals surface area (Å²) in [5, 5.41) is 0.754. The summed E-state index contributed by atoms with van der Waals surface area (Å²) in [4.78, 5) is 5.76. The number of sulfone groups is 1. The maximum absolute atomic E-state index is 13.3. The van der Waals surface area contributed by atoms with Gasteiger partial charge in [0.05, 0.1) is 28.7 Å². The molecule has 0 aliphatic rings. The van der Waals surface area contributed by atoms with Crippen LogP contribution < -0.4 is 0 Å². The molecule has 0 N–H and O–H groups in total. The van der Waals surface area contributed by atoms with Crippen LogP contribution in [0.15, 0.2) is 65.0 Å². The van der Waals surface area contributed by atoms with E-state index in [1.54, 1.807) is 42.5 Å². The van der Waals surface area contributed by atoms with E-state index in [1.165, 1.54) is 35.3 Å². The molecule has 1 aromatic heterocycles. The van der Waals surface area contributed by atoms with Gasteiger partial charge in [-0.15, -0.1) is 11.3 Å². The van der Waals surface area contributed by atoms with Crippen LogP contribution in [0.1, 0.15) is 5.01 Å². The van der Waals surface area contributed by atoms with Crippen LogP contribution in [-0.2, 0) is 21.2 Å². The van der Waals surface area contributed by atoms with E-state index in [1.807, 2.05) is 0 Å². The second kappa shape index (κ2) is 8.96. The molecule has 0 amide bonds. The van der Waals surface area contributed by atoms with Crippen molar-refractivity contribution in [3.8, 4) is 21.7 Å². The minimum absolute atomic E-state index is 0.250. The third-order valence-corrected chi connectivity index (χ3v) is 6.25. The molecule has 0 unspecified atom stereocenters. The van der Waals surface area contributed by atoms with E-state index in [2.05, 4.69) is 4.98 Å². The maximum Gasteiger partial charge on any atom is 0.175 e. The Hall–Kier alpha value is -2.06. The number of rotatable bonds is 7. The van der Waals surface area contributed by atoms with Gasteiger partial charge in [0, 0.05) is 17.4 Å². The van der Waals surface area contributed by atoms with Crippen LogP contribution in [-0.4, -0.2) is 26.3 Å². The van der Waals surface area contributed by atoms with Gasteiger partial charge in [-0.05, 0) is 48.0 Å². The number of benzene rings is 2. The molecule has 0 fully saturated rings. The van der Waals surface area contributed by atoms with Crippen molar-refractivity contribution >= 4 is 32.8 Å². The lowest BCUT2D eigenvalue weighted by molar-refractivity contribution is 0.148. The molecular formula is C20H17ClFNO3S2.